The van der Waals surface area contributed by atoms with Crippen molar-refractivity contribution in [2.75, 3.05) is 0 Å². The van der Waals surface area contributed by atoms with E-state index < -0.39 is 6.85 Å². The highest BCUT2D eigenvalue weighted by Crippen LogP contribution is 2.53. The van der Waals surface area contributed by atoms with E-state index in [4.69, 9.17) is 4.11 Å². The lowest BCUT2D eigenvalue weighted by atomic mass is 9.62. The van der Waals surface area contributed by atoms with Crippen LogP contribution in [0, 0.1) is 69.2 Å². The molecule has 10 aromatic rings. The van der Waals surface area contributed by atoms with Crippen molar-refractivity contribution < 1.29 is 26.9 Å². The highest BCUT2D eigenvalue weighted by molar-refractivity contribution is 5.70. The average Bonchev–Trinajstić information content (AvgIpc) is 0.762. The second-order valence-electron chi connectivity index (χ2n) is 43.1. The Labute approximate surface area is 703 Å². The summed E-state index contributed by atoms with van der Waals surface area (Å²) in [6.07, 6.45) is 23.7. The molecule has 610 valence electrons. The Morgan fingerprint density at radius 3 is 0.843 bits per heavy atom. The molecule has 0 saturated heterocycles. The molecular weight excluding hydrogens is 1390 g/mol. The molecule has 0 aliphatic heterocycles. The van der Waals surface area contributed by atoms with Gasteiger partial charge in [0.15, 0.2) is 31.0 Å². The van der Waals surface area contributed by atoms with Gasteiger partial charge in [-0.3, -0.25) is 0 Å². The molecule has 5 nitrogen and oxygen atoms in total. The number of fused-ring (bicyclic) bond motifs is 5. The fourth-order valence-electron chi connectivity index (χ4n) is 19.8. The lowest BCUT2D eigenvalue weighted by molar-refractivity contribution is -0.661. The summed E-state index contributed by atoms with van der Waals surface area (Å²) < 4.78 is 34.2. The first-order valence-corrected chi connectivity index (χ1v) is 43.5. The van der Waals surface area contributed by atoms with Crippen LogP contribution in [0.2, 0.25) is 0 Å². The van der Waals surface area contributed by atoms with Crippen LogP contribution in [0.25, 0.3) is 56.3 Å². The van der Waals surface area contributed by atoms with E-state index in [2.05, 4.69) is 386 Å². The van der Waals surface area contributed by atoms with E-state index in [1.54, 1.807) is 28.8 Å². The van der Waals surface area contributed by atoms with Crippen LogP contribution in [0.3, 0.4) is 0 Å². The molecule has 0 saturated carbocycles. The maximum atomic E-state index is 7.64. The molecule has 5 heterocycles. The molecule has 5 heteroatoms. The molecule has 0 atom stereocenters. The Morgan fingerprint density at radius 1 is 0.217 bits per heavy atom. The van der Waals surface area contributed by atoms with Crippen LogP contribution in [0.15, 0.2) is 152 Å². The molecule has 0 spiro atoms. The van der Waals surface area contributed by atoms with E-state index >= 15 is 0 Å². The van der Waals surface area contributed by atoms with E-state index in [1.807, 2.05) is 13.0 Å². The summed E-state index contributed by atoms with van der Waals surface area (Å²) in [5.74, 6) is 0. The molecule has 0 amide bonds. The van der Waals surface area contributed by atoms with Crippen molar-refractivity contribution in [3.63, 3.8) is 0 Å². The molecule has 5 aliphatic carbocycles. The summed E-state index contributed by atoms with van der Waals surface area (Å²) in [7, 11) is 10.7. The van der Waals surface area contributed by atoms with Gasteiger partial charge in [0.2, 0.25) is 28.5 Å². The predicted octanol–water partition coefficient (Wildman–Crippen LogP) is 25.7. The number of benzene rings is 5. The minimum absolute atomic E-state index is 0.153. The second-order valence-corrected chi connectivity index (χ2v) is 43.1. The zero-order valence-electron chi connectivity index (χ0n) is 81.2. The van der Waals surface area contributed by atoms with Gasteiger partial charge < -0.3 is 0 Å². The molecule has 0 bridgehead atoms. The molecule has 5 aromatic heterocycles. The zero-order valence-corrected chi connectivity index (χ0v) is 78.2. The quantitative estimate of drug-likeness (QED) is 0.153. The monoisotopic (exact) mass is 1540 g/mol. The van der Waals surface area contributed by atoms with Gasteiger partial charge in [0.05, 0.1) is 0 Å². The molecule has 115 heavy (non-hydrogen) atoms. The highest BCUT2D eigenvalue weighted by Gasteiger charge is 2.45. The lowest BCUT2D eigenvalue weighted by Crippen LogP contribution is -2.40. The third kappa shape index (κ3) is 17.9. The van der Waals surface area contributed by atoms with E-state index in [1.165, 1.54) is 193 Å². The van der Waals surface area contributed by atoms with Gasteiger partial charge in [0.25, 0.3) is 0 Å². The number of aromatic nitrogens is 5. The summed E-state index contributed by atoms with van der Waals surface area (Å²) in [4.78, 5) is 0. The van der Waals surface area contributed by atoms with E-state index in [0.29, 0.717) is 5.56 Å². The Hall–Kier alpha value is -8.15. The van der Waals surface area contributed by atoms with Crippen LogP contribution < -0.4 is 22.8 Å². The zero-order chi connectivity index (χ0) is 87.5. The molecule has 15 rings (SSSR count). The van der Waals surface area contributed by atoms with Crippen molar-refractivity contribution in [2.24, 2.45) is 35.2 Å². The molecule has 0 radical (unpaired) electrons. The van der Waals surface area contributed by atoms with Crippen molar-refractivity contribution in [3.8, 4) is 56.3 Å². The maximum Gasteiger partial charge on any atom is 0.212 e. The van der Waals surface area contributed by atoms with Crippen molar-refractivity contribution in [1.82, 2.24) is 0 Å². The second kappa shape index (κ2) is 31.6. The van der Waals surface area contributed by atoms with Gasteiger partial charge in [0, 0.05) is 90.6 Å². The van der Waals surface area contributed by atoms with Crippen LogP contribution in [0.4, 0.5) is 0 Å². The van der Waals surface area contributed by atoms with Crippen LogP contribution in [0.5, 0.6) is 0 Å². The van der Waals surface area contributed by atoms with Crippen LogP contribution in [-0.4, -0.2) is 0 Å². The molecule has 5 aromatic carbocycles. The molecule has 5 aliphatic rings. The van der Waals surface area contributed by atoms with E-state index in [-0.39, 0.29) is 54.1 Å². The molecule has 0 fully saturated rings. The van der Waals surface area contributed by atoms with Crippen LogP contribution in [-0.2, 0) is 89.4 Å². The largest absolute Gasteiger partial charge is 0.212 e. The number of aryl methyl sites for hydroxylation is 15. The van der Waals surface area contributed by atoms with Crippen molar-refractivity contribution in [1.29, 1.82) is 0 Å². The Bertz CT molecular complexity index is 5370. The van der Waals surface area contributed by atoms with Crippen molar-refractivity contribution >= 4 is 0 Å². The smallest absolute Gasteiger partial charge is 0.201 e. The van der Waals surface area contributed by atoms with E-state index in [9.17, 15) is 0 Å². The topological polar surface area (TPSA) is 19.4 Å². The predicted molar refractivity (Wildman–Crippen MR) is 489 cm³/mol. The first-order valence-electron chi connectivity index (χ1n) is 45.0. The molecular formula is C110H150N5+5. The van der Waals surface area contributed by atoms with Gasteiger partial charge in [-0.1, -0.05) is 192 Å². The van der Waals surface area contributed by atoms with Crippen LogP contribution >= 0.6 is 0 Å². The van der Waals surface area contributed by atoms with Gasteiger partial charge in [-0.2, -0.15) is 0 Å². The third-order valence-electron chi connectivity index (χ3n) is 28.9. The third-order valence-corrected chi connectivity index (χ3v) is 28.9. The van der Waals surface area contributed by atoms with Crippen LogP contribution in [0.1, 0.15) is 318 Å². The summed E-state index contributed by atoms with van der Waals surface area (Å²) in [5.41, 5.74) is 42.8. The van der Waals surface area contributed by atoms with Gasteiger partial charge >= 0.3 is 0 Å². The summed E-state index contributed by atoms with van der Waals surface area (Å²) >= 11 is 0. The maximum absolute atomic E-state index is 7.64. The number of nitrogens with zero attached hydrogens (tertiary/aromatic N) is 5. The fourth-order valence-corrected chi connectivity index (χ4v) is 19.8. The van der Waals surface area contributed by atoms with Gasteiger partial charge in [-0.25, -0.2) is 22.8 Å². The lowest BCUT2D eigenvalue weighted by Gasteiger charge is -2.42. The fraction of sp³-hybridized carbons (Fsp3) is 0.500. The summed E-state index contributed by atoms with van der Waals surface area (Å²) in [5, 5.41) is 0. The minimum Gasteiger partial charge on any atom is -0.201 e. The number of pyridine rings is 5. The van der Waals surface area contributed by atoms with E-state index in [0.717, 1.165) is 16.8 Å². The van der Waals surface area contributed by atoms with Gasteiger partial charge in [-0.05, 0) is 308 Å². The molecule has 0 unspecified atom stereocenters. The summed E-state index contributed by atoms with van der Waals surface area (Å²) in [6.45, 7) is 65.3. The highest BCUT2D eigenvalue weighted by atomic mass is 14.9. The van der Waals surface area contributed by atoms with Crippen molar-refractivity contribution in [3.05, 3.63) is 264 Å². The Kier molecular flexibility index (Phi) is 22.9. The van der Waals surface area contributed by atoms with Crippen molar-refractivity contribution in [2.45, 2.75) is 326 Å². The first kappa shape index (κ1) is 83.3. The SMILES string of the molecule is Cc1cc(-c2cc3c(cc2C)C(C)(C)CCC3(C)C)[n+](C)cc1C.Cc1cc2c(cc1-c1cccc[n+]1C)C(C)(C)CCC2(C)C.Cc1ccc(-c2cc3c(c[n+]2C)C(C)(C)CCC3(C)C)c(C)c1.Cc1ccc(-c2cc3c(cc2C)C(C)(C)CCC3(C)C)[n+](C)c1.[2H]C([2H])([2H])c1ccc(-c2cc3c(c[n+]2C)C(C)(C)CCC3(C)C)c(C)c1. The molecule has 0 N–H and O–H groups in total. The Morgan fingerprint density at radius 2 is 0.496 bits per heavy atom. The standard InChI is InChI=1S/C23H32N.3C22H30N.C21H28N/c1-15-12-21(24(8)14-17(15)3)18-13-20-19(11-16(18)2)22(4,5)9-10-23(20,6)7;1-15-8-9-20(23(7)14-15)17-13-19-18(12-16(17)2)21(3,4)10-11-22(19,5)6;2*1-15-8-9-17(16(2)12-15)20-13-18-19(14-23(20)7)22(5,6)11-10-21(18,3)4;1-15-13-17-18(21(4,5)11-10-20(17,2)3)14-16(15)19-9-7-8-12-22(19)6/h11-14H,9-10H2,1-8H3;3*8-9,12-14H,10-11H2,1-7H3;7-9,12-14H,10-11H2,1-6H3/q5*+1/i;;1D3;;. The Balaban J connectivity index is 0.000000145. The van der Waals surface area contributed by atoms with Gasteiger partial charge in [0.1, 0.15) is 35.2 Å². The number of hydrogen-bond donors (Lipinski definition) is 0. The normalized spacial score (nSPS) is 19.1. The van der Waals surface area contributed by atoms with Gasteiger partial charge in [-0.15, -0.1) is 0 Å². The first-order chi connectivity index (χ1) is 54.3. The summed E-state index contributed by atoms with van der Waals surface area (Å²) in [6, 6.07) is 45.1. The number of hydrogen-bond acceptors (Lipinski definition) is 0. The average molecular weight is 1550 g/mol. The minimum atomic E-state index is -2.06. The number of rotatable bonds is 5.